The van der Waals surface area contributed by atoms with Crippen molar-refractivity contribution in [2.24, 2.45) is 0 Å². The smallest absolute Gasteiger partial charge is 0.208 e. The van der Waals surface area contributed by atoms with Crippen LogP contribution in [0.4, 0.5) is 11.5 Å². The van der Waals surface area contributed by atoms with Gasteiger partial charge in [0, 0.05) is 13.1 Å². The van der Waals surface area contributed by atoms with Crippen LogP contribution in [0.3, 0.4) is 0 Å². The van der Waals surface area contributed by atoms with Crippen LogP contribution in [-0.4, -0.2) is 32.7 Å². The zero-order valence-corrected chi connectivity index (χ0v) is 10.1. The molecule has 0 bridgehead atoms. The molecule has 17 heavy (non-hydrogen) atoms. The van der Waals surface area contributed by atoms with Gasteiger partial charge in [0.25, 0.3) is 0 Å². The number of anilines is 2. The molecule has 0 saturated heterocycles. The van der Waals surface area contributed by atoms with E-state index in [4.69, 9.17) is 11.0 Å². The lowest BCUT2D eigenvalue weighted by molar-refractivity contribution is 0.589. The number of pyridine rings is 1. The molecule has 0 aliphatic heterocycles. The van der Waals surface area contributed by atoms with Crippen molar-refractivity contribution in [2.75, 3.05) is 30.4 Å². The summed E-state index contributed by atoms with van der Waals surface area (Å²) < 4.78 is 23.9. The van der Waals surface area contributed by atoms with Crippen LogP contribution >= 0.6 is 0 Å². The van der Waals surface area contributed by atoms with Gasteiger partial charge >= 0.3 is 0 Å². The summed E-state index contributed by atoms with van der Waals surface area (Å²) in [5.74, 6) is 0.386. The predicted molar refractivity (Wildman–Crippen MR) is 64.7 cm³/mol. The van der Waals surface area contributed by atoms with Crippen molar-refractivity contribution in [2.45, 2.75) is 0 Å². The lowest BCUT2D eigenvalue weighted by Crippen LogP contribution is -2.27. The number of nitriles is 1. The van der Waals surface area contributed by atoms with E-state index < -0.39 is 10.0 Å². The molecular weight excluding hydrogens is 242 g/mol. The van der Waals surface area contributed by atoms with Gasteiger partial charge < -0.3 is 11.1 Å². The van der Waals surface area contributed by atoms with E-state index in [0.717, 1.165) is 6.26 Å². The summed E-state index contributed by atoms with van der Waals surface area (Å²) in [6.07, 6.45) is 2.50. The van der Waals surface area contributed by atoms with E-state index in [-0.39, 0.29) is 6.54 Å². The van der Waals surface area contributed by atoms with Gasteiger partial charge in [0.15, 0.2) is 0 Å². The molecule has 0 saturated carbocycles. The highest BCUT2D eigenvalue weighted by molar-refractivity contribution is 7.88. The van der Waals surface area contributed by atoms with Crippen molar-refractivity contribution in [3.63, 3.8) is 0 Å². The van der Waals surface area contributed by atoms with Gasteiger partial charge in [-0.05, 0) is 6.07 Å². The molecule has 8 heteroatoms. The quantitative estimate of drug-likeness (QED) is 0.610. The molecule has 0 aliphatic rings. The van der Waals surface area contributed by atoms with Crippen LogP contribution in [0.5, 0.6) is 0 Å². The minimum absolute atomic E-state index is 0.218. The molecule has 4 N–H and O–H groups in total. The van der Waals surface area contributed by atoms with Crippen LogP contribution < -0.4 is 15.8 Å². The van der Waals surface area contributed by atoms with Crippen LogP contribution in [0.2, 0.25) is 0 Å². The molecule has 7 nitrogen and oxygen atoms in total. The highest BCUT2D eigenvalue weighted by Crippen LogP contribution is 2.13. The van der Waals surface area contributed by atoms with Crippen LogP contribution in [0.25, 0.3) is 0 Å². The minimum atomic E-state index is -3.20. The molecule has 1 heterocycles. The number of hydrogen-bond donors (Lipinski definition) is 3. The van der Waals surface area contributed by atoms with E-state index >= 15 is 0 Å². The van der Waals surface area contributed by atoms with Gasteiger partial charge in [-0.2, -0.15) is 5.26 Å². The second-order valence-corrected chi connectivity index (χ2v) is 5.20. The average molecular weight is 255 g/mol. The summed E-state index contributed by atoms with van der Waals surface area (Å²) in [7, 11) is -3.20. The third kappa shape index (κ3) is 4.67. The summed E-state index contributed by atoms with van der Waals surface area (Å²) in [4.78, 5) is 3.95. The molecule has 0 spiro atoms. The second-order valence-electron chi connectivity index (χ2n) is 3.37. The number of sulfonamides is 1. The molecule has 0 atom stereocenters. The molecule has 0 amide bonds. The van der Waals surface area contributed by atoms with Crippen molar-refractivity contribution in [3.8, 4) is 6.07 Å². The summed E-state index contributed by atoms with van der Waals surface area (Å²) in [5.41, 5.74) is 6.21. The highest BCUT2D eigenvalue weighted by Gasteiger charge is 2.04. The summed E-state index contributed by atoms with van der Waals surface area (Å²) >= 11 is 0. The topological polar surface area (TPSA) is 121 Å². The molecule has 1 rings (SSSR count). The number of hydrogen-bond acceptors (Lipinski definition) is 6. The first kappa shape index (κ1) is 13.2. The van der Waals surface area contributed by atoms with Crippen molar-refractivity contribution >= 4 is 21.5 Å². The lowest BCUT2D eigenvalue weighted by atomic mass is 10.2. The first-order valence-electron chi connectivity index (χ1n) is 4.76. The number of nitrogens with two attached hydrogens (primary N) is 1. The van der Waals surface area contributed by atoms with Gasteiger partial charge in [-0.1, -0.05) is 0 Å². The Hall–Kier alpha value is -1.85. The third-order valence-corrected chi connectivity index (χ3v) is 2.54. The molecule has 0 radical (unpaired) electrons. The summed E-state index contributed by atoms with van der Waals surface area (Å²) in [6, 6.07) is 3.45. The number of nitrogens with one attached hydrogen (secondary N) is 2. The molecule has 1 aromatic rings. The molecule has 1 aromatic heterocycles. The SMILES string of the molecule is CS(=O)(=O)NCCNc1ncc(N)cc1C#N. The highest BCUT2D eigenvalue weighted by atomic mass is 32.2. The standard InChI is InChI=1S/C9H13N5O2S/c1-17(15,16)14-3-2-12-9-7(5-10)4-8(11)6-13-9/h4,6,14H,2-3,11H2,1H3,(H,12,13). The van der Waals surface area contributed by atoms with Crippen LogP contribution in [0.1, 0.15) is 5.56 Å². The number of nitrogen functional groups attached to an aromatic ring is 1. The average Bonchev–Trinajstić information content (AvgIpc) is 2.24. The molecular formula is C9H13N5O2S. The fourth-order valence-electron chi connectivity index (χ4n) is 1.12. The van der Waals surface area contributed by atoms with E-state index in [1.165, 1.54) is 12.3 Å². The maximum atomic E-state index is 10.8. The third-order valence-electron chi connectivity index (χ3n) is 1.81. The maximum Gasteiger partial charge on any atom is 0.208 e. The van der Waals surface area contributed by atoms with Gasteiger partial charge in [0.05, 0.1) is 23.7 Å². The van der Waals surface area contributed by atoms with Crippen LogP contribution in [0.15, 0.2) is 12.3 Å². The molecule has 0 aliphatic carbocycles. The Morgan fingerprint density at radius 2 is 2.24 bits per heavy atom. The zero-order valence-electron chi connectivity index (χ0n) is 9.27. The van der Waals surface area contributed by atoms with Gasteiger partial charge in [-0.15, -0.1) is 0 Å². The molecule has 0 aromatic carbocycles. The van der Waals surface area contributed by atoms with E-state index in [1.54, 1.807) is 0 Å². The monoisotopic (exact) mass is 255 g/mol. The van der Waals surface area contributed by atoms with E-state index in [0.29, 0.717) is 23.6 Å². The van der Waals surface area contributed by atoms with Crippen molar-refractivity contribution in [1.82, 2.24) is 9.71 Å². The number of aromatic nitrogens is 1. The Labute approximate surface area is 99.7 Å². The Morgan fingerprint density at radius 3 is 2.82 bits per heavy atom. The van der Waals surface area contributed by atoms with E-state index in [2.05, 4.69) is 15.0 Å². The second kappa shape index (κ2) is 5.47. The Bertz CT molecular complexity index is 535. The number of rotatable bonds is 5. The zero-order chi connectivity index (χ0) is 12.9. The first-order valence-corrected chi connectivity index (χ1v) is 6.65. The molecule has 0 fully saturated rings. The van der Waals surface area contributed by atoms with E-state index in [9.17, 15) is 8.42 Å². The minimum Gasteiger partial charge on any atom is -0.397 e. The summed E-state index contributed by atoms with van der Waals surface area (Å²) in [5, 5.41) is 11.7. The Kier molecular flexibility index (Phi) is 4.25. The fraction of sp³-hybridized carbons (Fsp3) is 0.333. The van der Waals surface area contributed by atoms with Crippen LogP contribution in [0, 0.1) is 11.3 Å². The van der Waals surface area contributed by atoms with Gasteiger partial charge in [-0.25, -0.2) is 18.1 Å². The van der Waals surface area contributed by atoms with Crippen LogP contribution in [-0.2, 0) is 10.0 Å². The van der Waals surface area contributed by atoms with Gasteiger partial charge in [0.2, 0.25) is 10.0 Å². The Balaban J connectivity index is 2.56. The molecule has 92 valence electrons. The summed E-state index contributed by atoms with van der Waals surface area (Å²) in [6.45, 7) is 0.550. The van der Waals surface area contributed by atoms with Crippen molar-refractivity contribution in [3.05, 3.63) is 17.8 Å². The normalized spacial score (nSPS) is 10.8. The van der Waals surface area contributed by atoms with Crippen molar-refractivity contribution < 1.29 is 8.42 Å². The van der Waals surface area contributed by atoms with Crippen molar-refractivity contribution in [1.29, 1.82) is 5.26 Å². The van der Waals surface area contributed by atoms with Gasteiger partial charge in [0.1, 0.15) is 11.9 Å². The lowest BCUT2D eigenvalue weighted by Gasteiger charge is -2.07. The molecule has 0 unspecified atom stereocenters. The fourth-order valence-corrected chi connectivity index (χ4v) is 1.60. The first-order chi connectivity index (χ1) is 7.92. The maximum absolute atomic E-state index is 10.8. The largest absolute Gasteiger partial charge is 0.397 e. The van der Waals surface area contributed by atoms with Gasteiger partial charge in [-0.3, -0.25) is 0 Å². The predicted octanol–water partition coefficient (Wildman–Crippen LogP) is -0.503. The van der Waals surface area contributed by atoms with E-state index in [1.807, 2.05) is 6.07 Å². The number of nitrogens with zero attached hydrogens (tertiary/aromatic N) is 2. The Morgan fingerprint density at radius 1 is 1.53 bits per heavy atom.